The molecule has 0 unspecified atom stereocenters. The molecular formula is C26H26Cl2Zr. The zero-order valence-electron chi connectivity index (χ0n) is 17.0. The van der Waals surface area contributed by atoms with Crippen LogP contribution in [0.2, 0.25) is 0 Å². The summed E-state index contributed by atoms with van der Waals surface area (Å²) >= 11 is 0. The van der Waals surface area contributed by atoms with Gasteiger partial charge < -0.3 is 24.8 Å². The molecule has 0 saturated carbocycles. The van der Waals surface area contributed by atoms with E-state index in [1.807, 2.05) is 0 Å². The third kappa shape index (κ3) is 8.25. The Kier molecular flexibility index (Phi) is 14.2. The number of aryl methyl sites for hydroxylation is 2. The Labute approximate surface area is 207 Å². The molecule has 0 aromatic heterocycles. The van der Waals surface area contributed by atoms with E-state index < -0.39 is 0 Å². The average molecular weight is 501 g/mol. The summed E-state index contributed by atoms with van der Waals surface area (Å²) < 4.78 is 0. The molecule has 4 rings (SSSR count). The fourth-order valence-electron chi connectivity index (χ4n) is 3.12. The van der Waals surface area contributed by atoms with E-state index in [9.17, 15) is 0 Å². The van der Waals surface area contributed by atoms with Crippen LogP contribution in [0.1, 0.15) is 48.9 Å². The van der Waals surface area contributed by atoms with Crippen LogP contribution in [0.15, 0.2) is 72.8 Å². The van der Waals surface area contributed by atoms with Gasteiger partial charge in [-0.1, -0.05) is 62.1 Å². The second-order valence-electron chi connectivity index (χ2n) is 6.50. The number of allylic oxidation sites excluding steroid dienone is 8. The Morgan fingerprint density at radius 2 is 1.10 bits per heavy atom. The first-order valence-electron chi connectivity index (χ1n) is 9.53. The summed E-state index contributed by atoms with van der Waals surface area (Å²) in [6.45, 7) is 4.36. The second kappa shape index (κ2) is 14.8. The molecule has 148 valence electrons. The average Bonchev–Trinajstić information content (AvgIpc) is 3.42. The Morgan fingerprint density at radius 3 is 1.41 bits per heavy atom. The van der Waals surface area contributed by atoms with Gasteiger partial charge in [-0.2, -0.15) is 35.5 Å². The predicted molar refractivity (Wildman–Crippen MR) is 112 cm³/mol. The van der Waals surface area contributed by atoms with Gasteiger partial charge in [-0.05, 0) is 12.8 Å². The summed E-state index contributed by atoms with van der Waals surface area (Å²) in [6.07, 6.45) is 19.4. The summed E-state index contributed by atoms with van der Waals surface area (Å²) in [7, 11) is 0. The van der Waals surface area contributed by atoms with Crippen molar-refractivity contribution < 1.29 is 51.0 Å². The molecule has 2 aliphatic carbocycles. The fourth-order valence-corrected chi connectivity index (χ4v) is 3.12. The smallest absolute Gasteiger partial charge is 1.00 e. The molecule has 0 N–H and O–H groups in total. The summed E-state index contributed by atoms with van der Waals surface area (Å²) in [6, 6.07) is 17.4. The first-order chi connectivity index (χ1) is 12.8. The summed E-state index contributed by atoms with van der Waals surface area (Å²) in [5, 5.41) is 0. The normalized spacial score (nSPS) is 13.2. The Hall–Kier alpha value is -1.14. The maximum absolute atomic E-state index is 3.33. The molecule has 0 amide bonds. The van der Waals surface area contributed by atoms with Crippen molar-refractivity contribution in [1.29, 1.82) is 0 Å². The van der Waals surface area contributed by atoms with Crippen molar-refractivity contribution >= 4 is 11.1 Å². The van der Waals surface area contributed by atoms with Gasteiger partial charge in [-0.15, -0.1) is 47.5 Å². The molecular weight excluding hydrogens is 474 g/mol. The predicted octanol–water partition coefficient (Wildman–Crippen LogP) is 0.796. The van der Waals surface area contributed by atoms with Crippen LogP contribution in [0.5, 0.6) is 0 Å². The minimum Gasteiger partial charge on any atom is -1.00 e. The molecule has 29 heavy (non-hydrogen) atoms. The molecule has 0 nitrogen and oxygen atoms in total. The zero-order valence-corrected chi connectivity index (χ0v) is 21.0. The molecule has 0 heterocycles. The van der Waals surface area contributed by atoms with Crippen molar-refractivity contribution in [3.8, 4) is 0 Å². The maximum Gasteiger partial charge on any atom is 4.00 e. The van der Waals surface area contributed by atoms with Crippen LogP contribution in [-0.4, -0.2) is 0 Å². The van der Waals surface area contributed by atoms with Crippen LogP contribution in [0.25, 0.3) is 11.1 Å². The molecule has 0 atom stereocenters. The Bertz CT molecular complexity index is 802. The van der Waals surface area contributed by atoms with Gasteiger partial charge in [0.05, 0.1) is 0 Å². The molecule has 2 aliphatic rings. The Morgan fingerprint density at radius 1 is 0.690 bits per heavy atom. The molecule has 0 spiro atoms. The molecule has 0 aliphatic heterocycles. The standard InChI is InChI=1S/2C13H13.2ClH.Zr/c2*1-2-11-6-5-9-13(10-11)12-7-3-4-8-12;;;/h2*3,5-7,9-10H,2,4H2,1H3;2*1H;/q2*-1;;;+4/p-2. The van der Waals surface area contributed by atoms with Gasteiger partial charge in [0.15, 0.2) is 0 Å². The molecule has 0 fully saturated rings. The summed E-state index contributed by atoms with van der Waals surface area (Å²) in [5.41, 5.74) is 7.88. The van der Waals surface area contributed by atoms with Gasteiger partial charge in [0.1, 0.15) is 0 Å². The van der Waals surface area contributed by atoms with Crippen LogP contribution < -0.4 is 24.8 Å². The number of halogens is 2. The first kappa shape index (κ1) is 27.9. The molecule has 0 bridgehead atoms. The van der Waals surface area contributed by atoms with Crippen LogP contribution in [0.3, 0.4) is 0 Å². The van der Waals surface area contributed by atoms with Crippen LogP contribution in [0, 0.1) is 12.2 Å². The molecule has 0 radical (unpaired) electrons. The number of hydrogen-bond acceptors (Lipinski definition) is 0. The number of benzene rings is 2. The topological polar surface area (TPSA) is 0 Å². The van der Waals surface area contributed by atoms with Gasteiger partial charge in [-0.25, -0.2) is 0 Å². The van der Waals surface area contributed by atoms with E-state index in [0.29, 0.717) is 0 Å². The van der Waals surface area contributed by atoms with Crippen LogP contribution >= 0.6 is 0 Å². The van der Waals surface area contributed by atoms with Crippen molar-refractivity contribution in [1.82, 2.24) is 0 Å². The quantitative estimate of drug-likeness (QED) is 0.545. The van der Waals surface area contributed by atoms with Crippen molar-refractivity contribution in [3.63, 3.8) is 0 Å². The van der Waals surface area contributed by atoms with Crippen molar-refractivity contribution in [2.24, 2.45) is 0 Å². The Balaban J connectivity index is 0.000000490. The minimum atomic E-state index is 0. The monoisotopic (exact) mass is 498 g/mol. The van der Waals surface area contributed by atoms with Gasteiger partial charge >= 0.3 is 26.2 Å². The summed E-state index contributed by atoms with van der Waals surface area (Å²) in [5.74, 6) is 0. The number of rotatable bonds is 4. The maximum atomic E-state index is 3.33. The van der Waals surface area contributed by atoms with Gasteiger partial charge in [0.25, 0.3) is 0 Å². The SMILES string of the molecule is CCc1cccc(C2=[C-]CC=C2)c1.CCc1cccc(C2=[C-]CC=C2)c1.[Cl-].[Cl-].[Zr+4]. The molecule has 3 heteroatoms. The molecule has 0 saturated heterocycles. The summed E-state index contributed by atoms with van der Waals surface area (Å²) in [4.78, 5) is 0. The van der Waals surface area contributed by atoms with E-state index >= 15 is 0 Å². The van der Waals surface area contributed by atoms with Crippen molar-refractivity contribution in [2.45, 2.75) is 39.5 Å². The van der Waals surface area contributed by atoms with E-state index in [0.717, 1.165) is 25.7 Å². The van der Waals surface area contributed by atoms with Crippen molar-refractivity contribution in [2.75, 3.05) is 0 Å². The third-order valence-electron chi connectivity index (χ3n) is 4.68. The van der Waals surface area contributed by atoms with Crippen molar-refractivity contribution in [3.05, 3.63) is 107 Å². The minimum absolute atomic E-state index is 0. The van der Waals surface area contributed by atoms with Crippen LogP contribution in [-0.2, 0) is 39.0 Å². The first-order valence-corrected chi connectivity index (χ1v) is 9.53. The van der Waals surface area contributed by atoms with Gasteiger partial charge in [0.2, 0.25) is 0 Å². The van der Waals surface area contributed by atoms with E-state index in [-0.39, 0.29) is 51.0 Å². The molecule has 2 aromatic rings. The third-order valence-corrected chi connectivity index (χ3v) is 4.68. The van der Waals surface area contributed by atoms with Gasteiger partial charge in [-0.3, -0.25) is 0 Å². The van der Waals surface area contributed by atoms with E-state index in [2.05, 4.69) is 98.8 Å². The zero-order chi connectivity index (χ0) is 18.2. The molecule has 2 aromatic carbocycles. The second-order valence-corrected chi connectivity index (χ2v) is 6.50. The van der Waals surface area contributed by atoms with E-state index in [4.69, 9.17) is 0 Å². The van der Waals surface area contributed by atoms with Gasteiger partial charge in [0, 0.05) is 0 Å². The largest absolute Gasteiger partial charge is 4.00 e. The van der Waals surface area contributed by atoms with E-state index in [1.54, 1.807) is 0 Å². The number of hydrogen-bond donors (Lipinski definition) is 0. The van der Waals surface area contributed by atoms with Crippen LogP contribution in [0.4, 0.5) is 0 Å². The fraction of sp³-hybridized carbons (Fsp3) is 0.231. The van der Waals surface area contributed by atoms with E-state index in [1.165, 1.54) is 33.4 Å².